The molecule has 0 unspecified atom stereocenters. The van der Waals surface area contributed by atoms with E-state index in [4.69, 9.17) is 11.5 Å². The van der Waals surface area contributed by atoms with Gasteiger partial charge < -0.3 is 11.5 Å². The zero-order valence-corrected chi connectivity index (χ0v) is 8.78. The fraction of sp³-hybridized carbons (Fsp3) is 0.111. The van der Waals surface area contributed by atoms with Crippen molar-refractivity contribution in [2.24, 2.45) is 0 Å². The summed E-state index contributed by atoms with van der Waals surface area (Å²) in [7, 11) is 3.69. The molecule has 0 spiro atoms. The molecule has 0 aromatic heterocycles. The maximum atomic E-state index is 5.39. The fourth-order valence-corrected chi connectivity index (χ4v) is 2.28. The molecule has 2 rings (SSSR count). The fourth-order valence-electron chi connectivity index (χ4n) is 0.707. The first kappa shape index (κ1) is 10.3. The third kappa shape index (κ3) is 4.15. The van der Waals surface area contributed by atoms with Crippen molar-refractivity contribution in [3.8, 4) is 0 Å². The van der Waals surface area contributed by atoms with Gasteiger partial charge in [0.1, 0.15) is 0 Å². The highest BCUT2D eigenvalue weighted by Gasteiger charge is 1.86. The van der Waals surface area contributed by atoms with E-state index < -0.39 is 0 Å². The molecule has 4 N–H and O–H groups in total. The monoisotopic (exact) mass is 212 g/mol. The summed E-state index contributed by atoms with van der Waals surface area (Å²) in [6, 6.07) is 7.25. The highest BCUT2D eigenvalue weighted by atomic mass is 33.1. The van der Waals surface area contributed by atoms with Crippen molar-refractivity contribution in [1.29, 1.82) is 0 Å². The lowest BCUT2D eigenvalue weighted by Gasteiger charge is -1.94. The molecule has 0 fully saturated rings. The average Bonchev–Trinajstić information content (AvgIpc) is 2.68. The van der Waals surface area contributed by atoms with Crippen LogP contribution >= 0.6 is 21.6 Å². The number of hydrogen-bond acceptors (Lipinski definition) is 4. The Labute approximate surface area is 86.2 Å². The quantitative estimate of drug-likeness (QED) is 0.513. The highest BCUT2D eigenvalue weighted by Crippen LogP contribution is 2.27. The van der Waals surface area contributed by atoms with Crippen LogP contribution in [0.2, 0.25) is 0 Å². The molecule has 4 heteroatoms. The molecule has 1 heterocycles. The van der Waals surface area contributed by atoms with E-state index in [1.807, 2.05) is 33.7 Å². The Hall–Kier alpha value is -0.740. The van der Waals surface area contributed by atoms with Crippen LogP contribution in [-0.4, -0.2) is 5.75 Å². The molecule has 70 valence electrons. The van der Waals surface area contributed by atoms with Crippen molar-refractivity contribution in [2.75, 3.05) is 17.2 Å². The minimum Gasteiger partial charge on any atom is -0.397 e. The number of anilines is 2. The van der Waals surface area contributed by atoms with Gasteiger partial charge in [-0.1, -0.05) is 39.8 Å². The van der Waals surface area contributed by atoms with Gasteiger partial charge in [-0.25, -0.2) is 0 Å². The zero-order valence-electron chi connectivity index (χ0n) is 7.14. The van der Waals surface area contributed by atoms with Gasteiger partial charge in [0.2, 0.25) is 0 Å². The van der Waals surface area contributed by atoms with Crippen LogP contribution in [0.25, 0.3) is 0 Å². The third-order valence-corrected chi connectivity index (χ3v) is 3.30. The number of nitrogens with two attached hydrogens (primary N) is 2. The molecule has 0 atom stereocenters. The summed E-state index contributed by atoms with van der Waals surface area (Å²) in [4.78, 5) is 0. The van der Waals surface area contributed by atoms with Crippen molar-refractivity contribution < 1.29 is 0 Å². The first-order valence-corrected chi connectivity index (χ1v) is 6.22. The summed E-state index contributed by atoms with van der Waals surface area (Å²) in [5, 5.41) is 2.12. The molecule has 0 bridgehead atoms. The van der Waals surface area contributed by atoms with Crippen LogP contribution in [-0.2, 0) is 0 Å². The number of rotatable bonds is 0. The van der Waals surface area contributed by atoms with E-state index in [1.165, 1.54) is 5.75 Å². The van der Waals surface area contributed by atoms with Gasteiger partial charge in [-0.3, -0.25) is 0 Å². The van der Waals surface area contributed by atoms with Gasteiger partial charge in [-0.05, 0) is 17.5 Å². The molecule has 0 aliphatic carbocycles. The van der Waals surface area contributed by atoms with E-state index in [2.05, 4.69) is 11.5 Å². The number of benzene rings is 1. The summed E-state index contributed by atoms with van der Waals surface area (Å²) in [5.41, 5.74) is 12.1. The lowest BCUT2D eigenvalue weighted by molar-refractivity contribution is 1.67. The predicted octanol–water partition coefficient (Wildman–Crippen LogP) is 2.75. The molecule has 2 nitrogen and oxygen atoms in total. The van der Waals surface area contributed by atoms with Crippen molar-refractivity contribution in [1.82, 2.24) is 0 Å². The minimum atomic E-state index is 0.646. The summed E-state index contributed by atoms with van der Waals surface area (Å²) >= 11 is 0. The Bertz CT molecular complexity index is 260. The standard InChI is InChI=1S/C6H8N2.C3H4S2/c7-5-3-1-2-4-6(5)8;1-2-4-5-3-1/h1-4H,7-8H2;1-2H,3H2. The molecular weight excluding hydrogens is 200 g/mol. The van der Waals surface area contributed by atoms with Crippen molar-refractivity contribution in [2.45, 2.75) is 0 Å². The largest absolute Gasteiger partial charge is 0.397 e. The van der Waals surface area contributed by atoms with Gasteiger partial charge in [0, 0.05) is 5.75 Å². The zero-order chi connectivity index (χ0) is 9.52. The molecule has 0 radical (unpaired) electrons. The summed E-state index contributed by atoms with van der Waals surface area (Å²) < 4.78 is 0. The van der Waals surface area contributed by atoms with E-state index in [1.54, 1.807) is 12.1 Å². The second-order valence-corrected chi connectivity index (χ2v) is 4.70. The van der Waals surface area contributed by atoms with Gasteiger partial charge in [-0.15, -0.1) is 0 Å². The molecule has 1 aromatic carbocycles. The Morgan fingerprint density at radius 1 is 1.08 bits per heavy atom. The number of nitrogen functional groups attached to an aromatic ring is 2. The van der Waals surface area contributed by atoms with Crippen LogP contribution in [0.5, 0.6) is 0 Å². The predicted molar refractivity (Wildman–Crippen MR) is 64.5 cm³/mol. The van der Waals surface area contributed by atoms with Crippen LogP contribution in [0.15, 0.2) is 35.7 Å². The lowest BCUT2D eigenvalue weighted by Crippen LogP contribution is -1.91. The second-order valence-electron chi connectivity index (χ2n) is 2.38. The normalized spacial score (nSPS) is 13.5. The van der Waals surface area contributed by atoms with Crippen LogP contribution in [0.4, 0.5) is 11.4 Å². The van der Waals surface area contributed by atoms with E-state index in [9.17, 15) is 0 Å². The van der Waals surface area contributed by atoms with Crippen LogP contribution < -0.4 is 11.5 Å². The highest BCUT2D eigenvalue weighted by molar-refractivity contribution is 8.78. The number of para-hydroxylation sites is 2. The van der Waals surface area contributed by atoms with Gasteiger partial charge in [0.25, 0.3) is 0 Å². The molecular formula is C9H12N2S2. The third-order valence-electron chi connectivity index (χ3n) is 1.38. The molecule has 13 heavy (non-hydrogen) atoms. The van der Waals surface area contributed by atoms with Gasteiger partial charge in [0.15, 0.2) is 0 Å². The van der Waals surface area contributed by atoms with Gasteiger partial charge >= 0.3 is 0 Å². The van der Waals surface area contributed by atoms with E-state index in [0.29, 0.717) is 11.4 Å². The van der Waals surface area contributed by atoms with Crippen LogP contribution in [0, 0.1) is 0 Å². The topological polar surface area (TPSA) is 52.0 Å². The first-order valence-electron chi connectivity index (χ1n) is 3.84. The Balaban J connectivity index is 0.000000145. The van der Waals surface area contributed by atoms with E-state index in [0.717, 1.165) is 0 Å². The van der Waals surface area contributed by atoms with E-state index in [-0.39, 0.29) is 0 Å². The summed E-state index contributed by atoms with van der Waals surface area (Å²) in [6.45, 7) is 0. The van der Waals surface area contributed by atoms with Crippen molar-refractivity contribution in [3.05, 3.63) is 35.7 Å². The molecule has 0 saturated carbocycles. The van der Waals surface area contributed by atoms with Crippen molar-refractivity contribution in [3.63, 3.8) is 0 Å². The van der Waals surface area contributed by atoms with Crippen LogP contribution in [0.1, 0.15) is 0 Å². The number of hydrogen-bond donors (Lipinski definition) is 2. The first-order chi connectivity index (χ1) is 6.30. The lowest BCUT2D eigenvalue weighted by atomic mass is 10.3. The van der Waals surface area contributed by atoms with Crippen LogP contribution in [0.3, 0.4) is 0 Å². The molecule has 0 saturated heterocycles. The minimum absolute atomic E-state index is 0.646. The Kier molecular flexibility index (Phi) is 4.64. The maximum absolute atomic E-state index is 5.39. The molecule has 1 aromatic rings. The molecule has 1 aliphatic heterocycles. The maximum Gasteiger partial charge on any atom is 0.0547 e. The SMILES string of the molecule is C1=CSSC1.Nc1ccccc1N. The summed E-state index contributed by atoms with van der Waals surface area (Å²) in [6.07, 6.45) is 2.16. The Morgan fingerprint density at radius 2 is 1.69 bits per heavy atom. The molecule has 1 aliphatic rings. The Morgan fingerprint density at radius 3 is 1.92 bits per heavy atom. The second kappa shape index (κ2) is 5.83. The molecule has 0 amide bonds. The van der Waals surface area contributed by atoms with Gasteiger partial charge in [0.05, 0.1) is 11.4 Å². The summed E-state index contributed by atoms with van der Waals surface area (Å²) in [5.74, 6) is 1.20. The van der Waals surface area contributed by atoms with Gasteiger partial charge in [-0.2, -0.15) is 0 Å². The smallest absolute Gasteiger partial charge is 0.0547 e. The van der Waals surface area contributed by atoms with E-state index >= 15 is 0 Å². The average molecular weight is 212 g/mol. The van der Waals surface area contributed by atoms with Crippen molar-refractivity contribution >= 4 is 33.0 Å².